The number of para-hydroxylation sites is 1. The molecule has 2 aromatic carbocycles. The van der Waals surface area contributed by atoms with Gasteiger partial charge in [0.1, 0.15) is 11.7 Å². The van der Waals surface area contributed by atoms with E-state index in [4.69, 9.17) is 9.73 Å². The summed E-state index contributed by atoms with van der Waals surface area (Å²) in [6, 6.07) is 18.1. The van der Waals surface area contributed by atoms with Crippen LogP contribution in [0.4, 0.5) is 5.69 Å². The Morgan fingerprint density at radius 1 is 0.897 bits per heavy atom. The van der Waals surface area contributed by atoms with E-state index in [2.05, 4.69) is 10.2 Å². The van der Waals surface area contributed by atoms with E-state index >= 15 is 0 Å². The van der Waals surface area contributed by atoms with Crippen LogP contribution in [0, 0.1) is 0 Å². The van der Waals surface area contributed by atoms with Gasteiger partial charge in [0.05, 0.1) is 24.5 Å². The van der Waals surface area contributed by atoms with E-state index in [-0.39, 0.29) is 11.8 Å². The molecule has 3 aliphatic rings. The number of amides is 2. The second kappa shape index (κ2) is 7.18. The molecule has 7 heteroatoms. The maximum Gasteiger partial charge on any atom is 0.282 e. The standard InChI is InChI=1S/C22H20N4O3/c27-20-17-18(15-7-3-1-4-8-15)23-22(25-11-13-29-14-12-25)24-19(17)21(28)26(20)16-9-5-2-6-10-16/h1-10,18H,11-14H2,(H,23,24)/t18-/m0/s1. The molecule has 3 aliphatic heterocycles. The number of benzene rings is 2. The van der Waals surface area contributed by atoms with Crippen LogP contribution in [0.25, 0.3) is 0 Å². The molecule has 0 aromatic heterocycles. The van der Waals surface area contributed by atoms with Gasteiger partial charge in [0.2, 0.25) is 0 Å². The predicted molar refractivity (Wildman–Crippen MR) is 108 cm³/mol. The summed E-state index contributed by atoms with van der Waals surface area (Å²) in [4.78, 5) is 34.7. The van der Waals surface area contributed by atoms with Crippen LogP contribution in [0.1, 0.15) is 11.6 Å². The van der Waals surface area contributed by atoms with Gasteiger partial charge in [0, 0.05) is 13.1 Å². The molecule has 29 heavy (non-hydrogen) atoms. The number of anilines is 1. The lowest BCUT2D eigenvalue weighted by Gasteiger charge is -2.33. The van der Waals surface area contributed by atoms with Crippen molar-refractivity contribution in [1.29, 1.82) is 0 Å². The van der Waals surface area contributed by atoms with Crippen LogP contribution in [0.15, 0.2) is 76.9 Å². The number of carbonyl (C=O) groups is 2. The molecule has 0 unspecified atom stereocenters. The Morgan fingerprint density at radius 3 is 2.24 bits per heavy atom. The molecule has 0 aliphatic carbocycles. The van der Waals surface area contributed by atoms with Crippen LogP contribution < -0.4 is 10.2 Å². The fraction of sp³-hybridized carbons (Fsp3) is 0.227. The van der Waals surface area contributed by atoms with E-state index in [0.29, 0.717) is 49.2 Å². The molecule has 2 amide bonds. The number of nitrogens with one attached hydrogen (secondary N) is 1. The summed E-state index contributed by atoms with van der Waals surface area (Å²) in [5, 5.41) is 3.15. The van der Waals surface area contributed by atoms with Gasteiger partial charge >= 0.3 is 0 Å². The van der Waals surface area contributed by atoms with Gasteiger partial charge < -0.3 is 15.0 Å². The molecule has 0 spiro atoms. The molecular formula is C22H20N4O3. The van der Waals surface area contributed by atoms with Crippen LogP contribution in [-0.2, 0) is 14.3 Å². The van der Waals surface area contributed by atoms with Crippen molar-refractivity contribution in [2.45, 2.75) is 6.04 Å². The van der Waals surface area contributed by atoms with E-state index < -0.39 is 6.04 Å². The van der Waals surface area contributed by atoms with Gasteiger partial charge in [-0.3, -0.25) is 9.59 Å². The number of ether oxygens (including phenoxy) is 1. The molecule has 1 fully saturated rings. The molecular weight excluding hydrogens is 368 g/mol. The van der Waals surface area contributed by atoms with Crippen LogP contribution in [0.2, 0.25) is 0 Å². The van der Waals surface area contributed by atoms with Gasteiger partial charge in [-0.25, -0.2) is 9.89 Å². The van der Waals surface area contributed by atoms with Gasteiger partial charge in [-0.1, -0.05) is 48.5 Å². The fourth-order valence-electron chi connectivity index (χ4n) is 3.88. The van der Waals surface area contributed by atoms with Crippen molar-refractivity contribution >= 4 is 23.5 Å². The Bertz CT molecular complexity index is 1010. The van der Waals surface area contributed by atoms with Gasteiger partial charge in [0.25, 0.3) is 11.8 Å². The summed E-state index contributed by atoms with van der Waals surface area (Å²) in [6.07, 6.45) is 0. The molecule has 7 nitrogen and oxygen atoms in total. The lowest BCUT2D eigenvalue weighted by molar-refractivity contribution is -0.120. The first-order valence-corrected chi connectivity index (χ1v) is 9.64. The highest BCUT2D eigenvalue weighted by atomic mass is 16.5. The quantitative estimate of drug-likeness (QED) is 0.795. The first kappa shape index (κ1) is 17.6. The molecule has 0 bridgehead atoms. The second-order valence-electron chi connectivity index (χ2n) is 7.06. The SMILES string of the molecule is O=C1C2=C(C(=O)N1c1ccccc1)[C@H](c1ccccc1)N=C(N1CCOCC1)N2. The number of rotatable bonds is 2. The van der Waals surface area contributed by atoms with E-state index in [1.54, 1.807) is 12.1 Å². The van der Waals surface area contributed by atoms with Crippen LogP contribution in [-0.4, -0.2) is 49.0 Å². The van der Waals surface area contributed by atoms with Crippen molar-refractivity contribution in [1.82, 2.24) is 10.2 Å². The molecule has 3 heterocycles. The largest absolute Gasteiger partial charge is 0.378 e. The first-order valence-electron chi connectivity index (χ1n) is 9.64. The normalized spacial score (nSPS) is 21.8. The minimum absolute atomic E-state index is 0.309. The van der Waals surface area contributed by atoms with Crippen molar-refractivity contribution in [3.8, 4) is 0 Å². The summed E-state index contributed by atoms with van der Waals surface area (Å²) in [7, 11) is 0. The molecule has 1 saturated heterocycles. The number of aliphatic imine (C=N–C) groups is 1. The summed E-state index contributed by atoms with van der Waals surface area (Å²) < 4.78 is 5.44. The van der Waals surface area contributed by atoms with Crippen LogP contribution in [0.5, 0.6) is 0 Å². The maximum atomic E-state index is 13.3. The zero-order chi connectivity index (χ0) is 19.8. The zero-order valence-electron chi connectivity index (χ0n) is 15.7. The Labute approximate surface area is 168 Å². The summed E-state index contributed by atoms with van der Waals surface area (Å²) in [5.41, 5.74) is 2.13. The summed E-state index contributed by atoms with van der Waals surface area (Å²) in [6.45, 7) is 2.57. The van der Waals surface area contributed by atoms with E-state index in [0.717, 1.165) is 5.56 Å². The third-order valence-corrected chi connectivity index (χ3v) is 5.32. The van der Waals surface area contributed by atoms with Gasteiger partial charge in [0.15, 0.2) is 5.96 Å². The van der Waals surface area contributed by atoms with Crippen LogP contribution in [0.3, 0.4) is 0 Å². The molecule has 1 N–H and O–H groups in total. The third-order valence-electron chi connectivity index (χ3n) is 5.32. The van der Waals surface area contributed by atoms with Gasteiger partial charge in [-0.05, 0) is 17.7 Å². The average Bonchev–Trinajstić information content (AvgIpc) is 3.05. The zero-order valence-corrected chi connectivity index (χ0v) is 15.7. The van der Waals surface area contributed by atoms with Gasteiger partial charge in [-0.2, -0.15) is 0 Å². The van der Waals surface area contributed by atoms with E-state index in [1.807, 2.05) is 48.5 Å². The topological polar surface area (TPSA) is 74.2 Å². The number of morpholine rings is 1. The van der Waals surface area contributed by atoms with E-state index in [1.165, 1.54) is 4.90 Å². The summed E-state index contributed by atoms with van der Waals surface area (Å²) in [5.74, 6) is -0.0721. The Hall–Kier alpha value is -3.45. The highest BCUT2D eigenvalue weighted by Gasteiger charge is 2.46. The van der Waals surface area contributed by atoms with E-state index in [9.17, 15) is 9.59 Å². The number of guanidine groups is 1. The minimum Gasteiger partial charge on any atom is -0.378 e. The van der Waals surface area contributed by atoms with Crippen molar-refractivity contribution in [3.63, 3.8) is 0 Å². The second-order valence-corrected chi connectivity index (χ2v) is 7.06. The number of imide groups is 1. The Balaban J connectivity index is 1.57. The number of hydrogen-bond donors (Lipinski definition) is 1. The predicted octanol–water partition coefficient (Wildman–Crippen LogP) is 1.85. The van der Waals surface area contributed by atoms with Crippen molar-refractivity contribution in [2.24, 2.45) is 4.99 Å². The van der Waals surface area contributed by atoms with Crippen LogP contribution >= 0.6 is 0 Å². The monoisotopic (exact) mass is 388 g/mol. The van der Waals surface area contributed by atoms with Gasteiger partial charge in [-0.15, -0.1) is 0 Å². The molecule has 0 saturated carbocycles. The van der Waals surface area contributed by atoms with Crippen molar-refractivity contribution in [2.75, 3.05) is 31.2 Å². The third kappa shape index (κ3) is 3.00. The molecule has 2 aromatic rings. The summed E-state index contributed by atoms with van der Waals surface area (Å²) >= 11 is 0. The first-order chi connectivity index (χ1) is 14.2. The molecule has 146 valence electrons. The number of hydrogen-bond acceptors (Lipinski definition) is 6. The Kier molecular flexibility index (Phi) is 4.37. The average molecular weight is 388 g/mol. The van der Waals surface area contributed by atoms with Crippen molar-refractivity contribution in [3.05, 3.63) is 77.5 Å². The molecule has 0 radical (unpaired) electrons. The smallest absolute Gasteiger partial charge is 0.282 e. The fourth-order valence-corrected chi connectivity index (χ4v) is 3.88. The number of carbonyl (C=O) groups excluding carboxylic acids is 2. The number of nitrogens with zero attached hydrogens (tertiary/aromatic N) is 3. The van der Waals surface area contributed by atoms with Crippen molar-refractivity contribution < 1.29 is 14.3 Å². The minimum atomic E-state index is -0.532. The molecule has 1 atom stereocenters. The lowest BCUT2D eigenvalue weighted by Crippen LogP contribution is -2.49. The highest BCUT2D eigenvalue weighted by Crippen LogP contribution is 2.38. The lowest BCUT2D eigenvalue weighted by atomic mass is 9.97. The molecule has 5 rings (SSSR count). The highest BCUT2D eigenvalue weighted by molar-refractivity contribution is 6.34. The maximum absolute atomic E-state index is 13.3. The Morgan fingerprint density at radius 2 is 1.55 bits per heavy atom.